The van der Waals surface area contributed by atoms with Crippen molar-refractivity contribution in [1.29, 1.82) is 0 Å². The molecule has 32 heavy (non-hydrogen) atoms. The Bertz CT molecular complexity index is 1140. The standard InChI is InChI=1S/C29H30NOP/c1-22-16-17-27(31-21-25-13-7-4-8-14-25)28(18-22)32-29-23(2)10-9-15-26(29)20-30-19-24-11-5-3-6-12-24/h3-18,30,32H,19-21H2,1-2H3. The Morgan fingerprint density at radius 1 is 0.719 bits per heavy atom. The number of rotatable bonds is 9. The quantitative estimate of drug-likeness (QED) is 0.333. The predicted molar refractivity (Wildman–Crippen MR) is 138 cm³/mol. The van der Waals surface area contributed by atoms with E-state index >= 15 is 0 Å². The fourth-order valence-electron chi connectivity index (χ4n) is 3.73. The monoisotopic (exact) mass is 439 g/mol. The van der Waals surface area contributed by atoms with E-state index in [-0.39, 0.29) is 0 Å². The SMILES string of the molecule is Cc1ccc(OCc2ccccc2)c(Pc2c(C)cccc2CNCc2ccccc2)c1. The van der Waals surface area contributed by atoms with Crippen molar-refractivity contribution >= 4 is 19.2 Å². The van der Waals surface area contributed by atoms with Gasteiger partial charge in [-0.3, -0.25) is 0 Å². The van der Waals surface area contributed by atoms with Crippen LogP contribution in [0, 0.1) is 13.8 Å². The van der Waals surface area contributed by atoms with E-state index in [1.165, 1.54) is 38.4 Å². The van der Waals surface area contributed by atoms with Gasteiger partial charge < -0.3 is 10.1 Å². The minimum atomic E-state index is 0.550. The average molecular weight is 440 g/mol. The molecule has 0 saturated carbocycles. The Labute approximate surface area is 193 Å². The predicted octanol–water partition coefficient (Wildman–Crippen LogP) is 5.80. The largest absolute Gasteiger partial charge is 0.488 e. The van der Waals surface area contributed by atoms with Gasteiger partial charge in [-0.05, 0) is 53.5 Å². The Hall–Kier alpha value is -2.93. The average Bonchev–Trinajstić information content (AvgIpc) is 2.82. The first-order chi connectivity index (χ1) is 15.7. The van der Waals surface area contributed by atoms with Crippen LogP contribution in [-0.4, -0.2) is 0 Å². The van der Waals surface area contributed by atoms with E-state index in [4.69, 9.17) is 4.74 Å². The zero-order chi connectivity index (χ0) is 22.2. The summed E-state index contributed by atoms with van der Waals surface area (Å²) in [6, 6.07) is 34.0. The van der Waals surface area contributed by atoms with Gasteiger partial charge in [0.05, 0.1) is 0 Å². The van der Waals surface area contributed by atoms with Crippen molar-refractivity contribution in [3.05, 3.63) is 125 Å². The highest BCUT2D eigenvalue weighted by molar-refractivity contribution is 7.56. The summed E-state index contributed by atoms with van der Waals surface area (Å²) in [6.07, 6.45) is 0. The summed E-state index contributed by atoms with van der Waals surface area (Å²) < 4.78 is 6.26. The lowest BCUT2D eigenvalue weighted by Gasteiger charge is -2.17. The molecule has 0 aliphatic carbocycles. The number of benzene rings is 4. The van der Waals surface area contributed by atoms with Crippen LogP contribution in [-0.2, 0) is 19.7 Å². The van der Waals surface area contributed by atoms with Crippen molar-refractivity contribution in [3.8, 4) is 5.75 Å². The molecule has 162 valence electrons. The van der Waals surface area contributed by atoms with E-state index in [2.05, 4.69) is 110 Å². The minimum absolute atomic E-state index is 0.550. The molecular weight excluding hydrogens is 409 g/mol. The molecule has 0 heterocycles. The first-order valence-corrected chi connectivity index (χ1v) is 12.1. The van der Waals surface area contributed by atoms with E-state index < -0.39 is 0 Å². The van der Waals surface area contributed by atoms with E-state index in [0.717, 1.165) is 18.8 Å². The smallest absolute Gasteiger partial charge is 0.127 e. The Morgan fingerprint density at radius 3 is 2.19 bits per heavy atom. The number of aryl methyl sites for hydroxylation is 2. The van der Waals surface area contributed by atoms with E-state index in [9.17, 15) is 0 Å². The van der Waals surface area contributed by atoms with Crippen molar-refractivity contribution in [2.24, 2.45) is 0 Å². The first-order valence-electron chi connectivity index (χ1n) is 11.1. The molecule has 0 amide bonds. The second-order valence-electron chi connectivity index (χ2n) is 8.10. The van der Waals surface area contributed by atoms with Gasteiger partial charge >= 0.3 is 0 Å². The van der Waals surface area contributed by atoms with Crippen LogP contribution in [0.25, 0.3) is 0 Å². The highest BCUT2D eigenvalue weighted by atomic mass is 31.1. The minimum Gasteiger partial charge on any atom is -0.488 e. The molecule has 4 rings (SSSR count). The van der Waals surface area contributed by atoms with Crippen LogP contribution in [0.5, 0.6) is 5.75 Å². The van der Waals surface area contributed by atoms with Crippen LogP contribution >= 0.6 is 8.58 Å². The third-order valence-corrected chi connectivity index (χ3v) is 7.10. The molecule has 1 atom stereocenters. The second-order valence-corrected chi connectivity index (χ2v) is 9.39. The third kappa shape index (κ3) is 6.07. The normalized spacial score (nSPS) is 11.2. The van der Waals surface area contributed by atoms with Crippen LogP contribution in [0.4, 0.5) is 0 Å². The maximum atomic E-state index is 6.26. The van der Waals surface area contributed by atoms with Crippen LogP contribution in [0.3, 0.4) is 0 Å². The van der Waals surface area contributed by atoms with Gasteiger partial charge in [0.2, 0.25) is 0 Å². The molecule has 0 bridgehead atoms. The number of nitrogens with one attached hydrogen (secondary N) is 1. The van der Waals surface area contributed by atoms with Gasteiger partial charge in [-0.2, -0.15) is 0 Å². The Kier molecular flexibility index (Phi) is 7.72. The van der Waals surface area contributed by atoms with Crippen molar-refractivity contribution < 1.29 is 4.74 Å². The van der Waals surface area contributed by atoms with Gasteiger partial charge in [0, 0.05) is 18.4 Å². The highest BCUT2D eigenvalue weighted by Crippen LogP contribution is 2.24. The van der Waals surface area contributed by atoms with Gasteiger partial charge in [-0.25, -0.2) is 0 Å². The Morgan fingerprint density at radius 2 is 1.44 bits per heavy atom. The first kappa shape index (κ1) is 22.3. The summed E-state index contributed by atoms with van der Waals surface area (Å²) in [5.74, 6) is 0.976. The molecule has 4 aromatic rings. The molecule has 0 aliphatic rings. The lowest BCUT2D eigenvalue weighted by Crippen LogP contribution is -2.20. The topological polar surface area (TPSA) is 21.3 Å². The van der Waals surface area contributed by atoms with E-state index in [1.54, 1.807) is 0 Å². The fraction of sp³-hybridized carbons (Fsp3) is 0.172. The van der Waals surface area contributed by atoms with Crippen molar-refractivity contribution in [2.45, 2.75) is 33.5 Å². The summed E-state index contributed by atoms with van der Waals surface area (Å²) in [6.45, 7) is 6.66. The third-order valence-electron chi connectivity index (χ3n) is 5.48. The molecule has 0 saturated heterocycles. The highest BCUT2D eigenvalue weighted by Gasteiger charge is 2.11. The van der Waals surface area contributed by atoms with E-state index in [1.807, 2.05) is 6.07 Å². The van der Waals surface area contributed by atoms with Gasteiger partial charge in [0.1, 0.15) is 12.4 Å². The van der Waals surface area contributed by atoms with Crippen LogP contribution in [0.15, 0.2) is 97.1 Å². The summed E-state index contributed by atoms with van der Waals surface area (Å²) in [5, 5.41) is 6.29. The van der Waals surface area contributed by atoms with Crippen molar-refractivity contribution in [3.63, 3.8) is 0 Å². The van der Waals surface area contributed by atoms with Crippen LogP contribution < -0.4 is 20.7 Å². The summed E-state index contributed by atoms with van der Waals surface area (Å²) in [7, 11) is 0.550. The van der Waals surface area contributed by atoms with E-state index in [0.29, 0.717) is 15.2 Å². The summed E-state index contributed by atoms with van der Waals surface area (Å²) in [5.41, 5.74) is 6.44. The molecular formula is C29H30NOP. The molecule has 0 aromatic heterocycles. The second kappa shape index (κ2) is 11.1. The van der Waals surface area contributed by atoms with Gasteiger partial charge in [0.15, 0.2) is 0 Å². The number of hydrogen-bond acceptors (Lipinski definition) is 2. The van der Waals surface area contributed by atoms with Crippen molar-refractivity contribution in [2.75, 3.05) is 0 Å². The van der Waals surface area contributed by atoms with Gasteiger partial charge in [-0.15, -0.1) is 0 Å². The van der Waals surface area contributed by atoms with Crippen molar-refractivity contribution in [1.82, 2.24) is 5.32 Å². The lowest BCUT2D eigenvalue weighted by molar-refractivity contribution is 0.309. The maximum absolute atomic E-state index is 6.26. The fourth-order valence-corrected chi connectivity index (χ4v) is 5.19. The maximum Gasteiger partial charge on any atom is 0.127 e. The molecule has 0 radical (unpaired) electrons. The zero-order valence-corrected chi connectivity index (χ0v) is 19.8. The Balaban J connectivity index is 1.51. The lowest BCUT2D eigenvalue weighted by atomic mass is 10.1. The molecule has 3 heteroatoms. The zero-order valence-electron chi connectivity index (χ0n) is 18.8. The molecule has 0 spiro atoms. The molecule has 4 aromatic carbocycles. The number of ether oxygens (including phenoxy) is 1. The molecule has 2 nitrogen and oxygen atoms in total. The van der Waals surface area contributed by atoms with Crippen LogP contribution in [0.2, 0.25) is 0 Å². The van der Waals surface area contributed by atoms with Crippen LogP contribution in [0.1, 0.15) is 27.8 Å². The van der Waals surface area contributed by atoms with Gasteiger partial charge in [0.25, 0.3) is 0 Å². The van der Waals surface area contributed by atoms with Gasteiger partial charge in [-0.1, -0.05) is 99.1 Å². The summed E-state index contributed by atoms with van der Waals surface area (Å²) >= 11 is 0. The molecule has 1 unspecified atom stereocenters. The molecule has 0 aliphatic heterocycles. The summed E-state index contributed by atoms with van der Waals surface area (Å²) in [4.78, 5) is 0. The molecule has 0 fully saturated rings. The number of hydrogen-bond donors (Lipinski definition) is 1. The molecule has 1 N–H and O–H groups in total.